The van der Waals surface area contributed by atoms with E-state index in [-0.39, 0.29) is 5.91 Å². The predicted molar refractivity (Wildman–Crippen MR) is 89.2 cm³/mol. The number of hydrogen-bond donors (Lipinski definition) is 1. The van der Waals surface area contributed by atoms with Crippen LogP contribution < -0.4 is 5.32 Å². The van der Waals surface area contributed by atoms with E-state index in [1.54, 1.807) is 24.5 Å². The highest BCUT2D eigenvalue weighted by Crippen LogP contribution is 2.22. The van der Waals surface area contributed by atoms with Crippen molar-refractivity contribution in [2.45, 2.75) is 20.3 Å². The maximum Gasteiger partial charge on any atom is 0.274 e. The summed E-state index contributed by atoms with van der Waals surface area (Å²) in [6, 6.07) is 5.58. The summed E-state index contributed by atoms with van der Waals surface area (Å²) in [5.74, 6) is -0.185. The molecule has 0 bridgehead atoms. The third-order valence-electron chi connectivity index (χ3n) is 3.41. The van der Waals surface area contributed by atoms with Crippen LogP contribution in [-0.4, -0.2) is 20.3 Å². The molecule has 22 heavy (non-hydrogen) atoms. The molecule has 3 aromatic rings. The Morgan fingerprint density at radius 2 is 2.27 bits per heavy atom. The lowest BCUT2D eigenvalue weighted by Gasteiger charge is -2.07. The Labute approximate surface area is 136 Å². The van der Waals surface area contributed by atoms with Crippen LogP contribution in [0.2, 0.25) is 0 Å². The highest BCUT2D eigenvalue weighted by atomic mass is 79.9. The van der Waals surface area contributed by atoms with E-state index in [2.05, 4.69) is 31.2 Å². The highest BCUT2D eigenvalue weighted by Gasteiger charge is 2.19. The number of aromatic nitrogens is 3. The van der Waals surface area contributed by atoms with Crippen molar-refractivity contribution >= 4 is 33.2 Å². The molecule has 0 spiro atoms. The van der Waals surface area contributed by atoms with Crippen molar-refractivity contribution in [3.05, 3.63) is 58.2 Å². The number of carbonyl (C=O) groups is 1. The molecule has 3 aromatic heterocycles. The predicted octanol–water partition coefficient (Wildman–Crippen LogP) is 3.61. The fourth-order valence-corrected chi connectivity index (χ4v) is 2.98. The van der Waals surface area contributed by atoms with Crippen molar-refractivity contribution in [3.8, 4) is 0 Å². The fraction of sp³-hybridized carbons (Fsp3) is 0.188. The van der Waals surface area contributed by atoms with Crippen LogP contribution in [0.5, 0.6) is 0 Å². The standard InChI is InChI=1S/C16H15BrN4O/c1-3-13-14(16(22)19-12-5-4-6-18-8-12)21-9-11(17)7-10(2)15(21)20-13/h4-9H,3H2,1-2H3,(H,19,22). The normalized spacial score (nSPS) is 10.9. The van der Waals surface area contributed by atoms with Gasteiger partial charge >= 0.3 is 0 Å². The Hall–Kier alpha value is -2.21. The zero-order valence-corrected chi connectivity index (χ0v) is 13.9. The minimum atomic E-state index is -0.185. The molecule has 1 amide bonds. The molecule has 0 aliphatic carbocycles. The second-order valence-electron chi connectivity index (χ2n) is 4.99. The van der Waals surface area contributed by atoms with E-state index in [0.29, 0.717) is 17.8 Å². The molecule has 6 heteroatoms. The molecule has 1 N–H and O–H groups in total. The topological polar surface area (TPSA) is 59.3 Å². The number of amides is 1. The van der Waals surface area contributed by atoms with Crippen LogP contribution in [0.4, 0.5) is 5.69 Å². The first kappa shape index (κ1) is 14.7. The van der Waals surface area contributed by atoms with Crippen LogP contribution in [0.15, 0.2) is 41.3 Å². The summed E-state index contributed by atoms with van der Waals surface area (Å²) in [6.07, 6.45) is 5.84. The number of anilines is 1. The zero-order valence-electron chi connectivity index (χ0n) is 12.3. The SMILES string of the molecule is CCc1nc2c(C)cc(Br)cn2c1C(=O)Nc1cccnc1. The summed E-state index contributed by atoms with van der Waals surface area (Å²) in [6.45, 7) is 3.97. The number of imidazole rings is 1. The van der Waals surface area contributed by atoms with Gasteiger partial charge in [-0.25, -0.2) is 4.98 Å². The number of rotatable bonds is 3. The van der Waals surface area contributed by atoms with Gasteiger partial charge in [-0.15, -0.1) is 0 Å². The second-order valence-corrected chi connectivity index (χ2v) is 5.91. The van der Waals surface area contributed by atoms with E-state index in [1.807, 2.05) is 30.5 Å². The van der Waals surface area contributed by atoms with Gasteiger partial charge in [0, 0.05) is 16.9 Å². The Balaban J connectivity index is 2.10. The third-order valence-corrected chi connectivity index (χ3v) is 3.85. The summed E-state index contributed by atoms with van der Waals surface area (Å²) in [5, 5.41) is 2.87. The van der Waals surface area contributed by atoms with Gasteiger partial charge in [0.2, 0.25) is 0 Å². The number of halogens is 1. The highest BCUT2D eigenvalue weighted by molar-refractivity contribution is 9.10. The molecule has 0 radical (unpaired) electrons. The van der Waals surface area contributed by atoms with Crippen LogP contribution in [0.1, 0.15) is 28.7 Å². The summed E-state index contributed by atoms with van der Waals surface area (Å²) in [5.41, 5.74) is 3.82. The first-order chi connectivity index (χ1) is 10.6. The molecule has 3 rings (SSSR count). The van der Waals surface area contributed by atoms with Crippen LogP contribution in [0.3, 0.4) is 0 Å². The van der Waals surface area contributed by atoms with E-state index in [1.165, 1.54) is 0 Å². The smallest absolute Gasteiger partial charge is 0.274 e. The summed E-state index contributed by atoms with van der Waals surface area (Å²) in [7, 11) is 0. The van der Waals surface area contributed by atoms with Gasteiger partial charge in [0.25, 0.3) is 5.91 Å². The molecule has 0 unspecified atom stereocenters. The molecule has 112 valence electrons. The van der Waals surface area contributed by atoms with Crippen molar-refractivity contribution in [1.82, 2.24) is 14.4 Å². The Kier molecular flexibility index (Phi) is 3.94. The van der Waals surface area contributed by atoms with Gasteiger partial charge < -0.3 is 5.32 Å². The lowest BCUT2D eigenvalue weighted by molar-refractivity contribution is 0.102. The maximum absolute atomic E-state index is 12.7. The minimum absolute atomic E-state index is 0.185. The van der Waals surface area contributed by atoms with Crippen LogP contribution >= 0.6 is 15.9 Å². The molecular weight excluding hydrogens is 344 g/mol. The zero-order chi connectivity index (χ0) is 15.7. The van der Waals surface area contributed by atoms with Gasteiger partial charge in [-0.2, -0.15) is 0 Å². The van der Waals surface area contributed by atoms with Gasteiger partial charge in [0.05, 0.1) is 17.6 Å². The van der Waals surface area contributed by atoms with Gasteiger partial charge in [-0.05, 0) is 53.0 Å². The van der Waals surface area contributed by atoms with E-state index in [0.717, 1.165) is 21.4 Å². The molecule has 0 aliphatic rings. The number of aryl methyl sites for hydroxylation is 2. The molecular formula is C16H15BrN4O. The fourth-order valence-electron chi connectivity index (χ4n) is 2.43. The molecule has 0 fully saturated rings. The second kappa shape index (κ2) is 5.88. The Morgan fingerprint density at radius 1 is 1.45 bits per heavy atom. The van der Waals surface area contributed by atoms with Crippen LogP contribution in [0, 0.1) is 6.92 Å². The van der Waals surface area contributed by atoms with Gasteiger partial charge in [-0.3, -0.25) is 14.2 Å². The monoisotopic (exact) mass is 358 g/mol. The quantitative estimate of drug-likeness (QED) is 0.777. The molecule has 0 atom stereocenters. The van der Waals surface area contributed by atoms with E-state index in [4.69, 9.17) is 0 Å². The third kappa shape index (κ3) is 2.62. The average Bonchev–Trinajstić information content (AvgIpc) is 2.87. The lowest BCUT2D eigenvalue weighted by Crippen LogP contribution is -2.16. The van der Waals surface area contributed by atoms with Crippen molar-refractivity contribution in [2.24, 2.45) is 0 Å². The molecule has 0 aliphatic heterocycles. The number of pyridine rings is 2. The van der Waals surface area contributed by atoms with E-state index >= 15 is 0 Å². The number of carbonyl (C=O) groups excluding carboxylic acids is 1. The molecule has 0 saturated carbocycles. The van der Waals surface area contributed by atoms with Crippen molar-refractivity contribution in [3.63, 3.8) is 0 Å². The minimum Gasteiger partial charge on any atom is -0.319 e. The summed E-state index contributed by atoms with van der Waals surface area (Å²) < 4.78 is 2.75. The number of fused-ring (bicyclic) bond motifs is 1. The lowest BCUT2D eigenvalue weighted by atomic mass is 10.2. The Bertz CT molecular complexity index is 842. The van der Waals surface area contributed by atoms with Crippen molar-refractivity contribution < 1.29 is 4.79 Å². The van der Waals surface area contributed by atoms with Gasteiger partial charge in [0.1, 0.15) is 11.3 Å². The van der Waals surface area contributed by atoms with Crippen molar-refractivity contribution in [2.75, 3.05) is 5.32 Å². The number of nitrogens with zero attached hydrogens (tertiary/aromatic N) is 3. The molecule has 0 aromatic carbocycles. The first-order valence-electron chi connectivity index (χ1n) is 6.98. The van der Waals surface area contributed by atoms with E-state index < -0.39 is 0 Å². The van der Waals surface area contributed by atoms with Gasteiger partial charge in [-0.1, -0.05) is 6.92 Å². The average molecular weight is 359 g/mol. The molecule has 3 heterocycles. The molecule has 0 saturated heterocycles. The maximum atomic E-state index is 12.7. The van der Waals surface area contributed by atoms with E-state index in [9.17, 15) is 4.79 Å². The van der Waals surface area contributed by atoms with Gasteiger partial charge in [0.15, 0.2) is 0 Å². The Morgan fingerprint density at radius 3 is 2.95 bits per heavy atom. The van der Waals surface area contributed by atoms with Crippen molar-refractivity contribution in [1.29, 1.82) is 0 Å². The summed E-state index contributed by atoms with van der Waals surface area (Å²) in [4.78, 5) is 21.3. The number of nitrogens with one attached hydrogen (secondary N) is 1. The largest absolute Gasteiger partial charge is 0.319 e. The number of hydrogen-bond acceptors (Lipinski definition) is 3. The van der Waals surface area contributed by atoms with Crippen LogP contribution in [0.25, 0.3) is 5.65 Å². The summed E-state index contributed by atoms with van der Waals surface area (Å²) >= 11 is 3.47. The van der Waals surface area contributed by atoms with Crippen LogP contribution in [-0.2, 0) is 6.42 Å². The first-order valence-corrected chi connectivity index (χ1v) is 7.78. The molecule has 5 nitrogen and oxygen atoms in total.